The molecule has 45 heavy (non-hydrogen) atoms. The van der Waals surface area contributed by atoms with Crippen LogP contribution in [-0.2, 0) is 14.8 Å². The summed E-state index contributed by atoms with van der Waals surface area (Å²) in [4.78, 5) is 24.4. The van der Waals surface area contributed by atoms with Crippen LogP contribution in [0.3, 0.4) is 0 Å². The van der Waals surface area contributed by atoms with Gasteiger partial charge in [0.05, 0.1) is 48.1 Å². The largest absolute Gasteiger partial charge is 0.494 e. The van der Waals surface area contributed by atoms with Gasteiger partial charge in [0, 0.05) is 63.6 Å². The Hall–Kier alpha value is -4.36. The summed E-state index contributed by atoms with van der Waals surface area (Å²) in [6.07, 6.45) is 4.77. The molecule has 4 heterocycles. The molecule has 238 valence electrons. The number of aromatic nitrogens is 3. The van der Waals surface area contributed by atoms with Crippen molar-refractivity contribution in [1.82, 2.24) is 24.4 Å². The number of anilines is 4. The lowest BCUT2D eigenvalue weighted by molar-refractivity contribution is -0.137. The topological polar surface area (TPSA) is 116 Å². The van der Waals surface area contributed by atoms with Crippen LogP contribution in [0, 0.1) is 5.92 Å². The first kappa shape index (κ1) is 30.7. The number of hydrogen-bond acceptors (Lipinski definition) is 9. The van der Waals surface area contributed by atoms with Gasteiger partial charge >= 0.3 is 0 Å². The molecule has 2 fully saturated rings. The average Bonchev–Trinajstić information content (AvgIpc) is 3.47. The fourth-order valence-corrected chi connectivity index (χ4v) is 6.62. The number of piperidine rings is 1. The molecule has 13 heteroatoms. The van der Waals surface area contributed by atoms with Crippen LogP contribution in [0.15, 0.2) is 60.8 Å². The maximum Gasteiger partial charge on any atom is 0.245 e. The molecule has 4 aromatic rings. The number of sulfonamides is 1. The number of rotatable bonds is 8. The molecule has 0 aliphatic carbocycles. The minimum Gasteiger partial charge on any atom is -0.494 e. The highest BCUT2D eigenvalue weighted by molar-refractivity contribution is 7.92. The third-order valence-electron chi connectivity index (χ3n) is 8.80. The van der Waals surface area contributed by atoms with Crippen molar-refractivity contribution >= 4 is 44.5 Å². The van der Waals surface area contributed by atoms with E-state index in [2.05, 4.69) is 27.1 Å². The van der Waals surface area contributed by atoms with E-state index in [0.717, 1.165) is 68.0 Å². The SMILES string of the molecule is COc1cc(N2CCCC(C(=O)N3CCN(C)CC3)C2)ccc1Nc1ncc2ccc(-c3ccccc3N(C)S(C)(=O)=O)n2n1. The number of piperazine rings is 1. The first-order valence-electron chi connectivity index (χ1n) is 15.2. The van der Waals surface area contributed by atoms with Gasteiger partial charge in [-0.05, 0) is 50.2 Å². The van der Waals surface area contributed by atoms with E-state index in [9.17, 15) is 13.2 Å². The van der Waals surface area contributed by atoms with Gasteiger partial charge in [-0.1, -0.05) is 18.2 Å². The van der Waals surface area contributed by atoms with Crippen LogP contribution in [0.1, 0.15) is 12.8 Å². The van der Waals surface area contributed by atoms with Crippen molar-refractivity contribution in [1.29, 1.82) is 0 Å². The molecule has 1 atom stereocenters. The normalized spacial score (nSPS) is 17.8. The Morgan fingerprint density at radius 3 is 2.58 bits per heavy atom. The second kappa shape index (κ2) is 12.6. The Morgan fingerprint density at radius 2 is 1.82 bits per heavy atom. The summed E-state index contributed by atoms with van der Waals surface area (Å²) in [5.74, 6) is 1.25. The van der Waals surface area contributed by atoms with Gasteiger partial charge in [0.25, 0.3) is 0 Å². The molecule has 0 bridgehead atoms. The van der Waals surface area contributed by atoms with E-state index in [1.54, 1.807) is 23.9 Å². The summed E-state index contributed by atoms with van der Waals surface area (Å²) in [6.45, 7) is 5.00. The number of para-hydroxylation sites is 1. The zero-order valence-corrected chi connectivity index (χ0v) is 27.0. The Labute approximate surface area is 264 Å². The van der Waals surface area contributed by atoms with Crippen molar-refractivity contribution in [2.45, 2.75) is 12.8 Å². The van der Waals surface area contributed by atoms with E-state index in [1.165, 1.54) is 17.6 Å². The van der Waals surface area contributed by atoms with Crippen LogP contribution in [0.4, 0.5) is 23.0 Å². The minimum atomic E-state index is -3.46. The number of carbonyl (C=O) groups is 1. The summed E-state index contributed by atoms with van der Waals surface area (Å²) in [5.41, 5.74) is 4.48. The molecule has 1 unspecified atom stereocenters. The highest BCUT2D eigenvalue weighted by Gasteiger charge is 2.31. The molecular weight excluding hydrogens is 592 g/mol. The summed E-state index contributed by atoms with van der Waals surface area (Å²) < 4.78 is 33.4. The van der Waals surface area contributed by atoms with Crippen molar-refractivity contribution in [3.05, 3.63) is 60.8 Å². The van der Waals surface area contributed by atoms with Crippen LogP contribution in [0.5, 0.6) is 5.75 Å². The first-order chi connectivity index (χ1) is 21.6. The van der Waals surface area contributed by atoms with E-state index in [0.29, 0.717) is 29.6 Å². The van der Waals surface area contributed by atoms with Gasteiger partial charge in [-0.2, -0.15) is 0 Å². The van der Waals surface area contributed by atoms with Gasteiger partial charge in [0.15, 0.2) is 0 Å². The monoisotopic (exact) mass is 632 g/mol. The van der Waals surface area contributed by atoms with Crippen molar-refractivity contribution in [3.63, 3.8) is 0 Å². The summed E-state index contributed by atoms with van der Waals surface area (Å²) in [6, 6.07) is 17.1. The second-order valence-corrected chi connectivity index (χ2v) is 13.8. The quantitative estimate of drug-likeness (QED) is 0.312. The molecule has 2 aliphatic heterocycles. The third-order valence-corrected chi connectivity index (χ3v) is 9.99. The van der Waals surface area contributed by atoms with E-state index in [1.807, 2.05) is 53.4 Å². The highest BCUT2D eigenvalue weighted by Crippen LogP contribution is 2.35. The van der Waals surface area contributed by atoms with E-state index >= 15 is 0 Å². The molecule has 2 aliphatic rings. The second-order valence-electron chi connectivity index (χ2n) is 11.8. The number of benzene rings is 2. The summed E-state index contributed by atoms with van der Waals surface area (Å²) in [5, 5.41) is 8.04. The molecule has 12 nitrogen and oxygen atoms in total. The summed E-state index contributed by atoms with van der Waals surface area (Å²) >= 11 is 0. The smallest absolute Gasteiger partial charge is 0.245 e. The van der Waals surface area contributed by atoms with Gasteiger partial charge in [-0.3, -0.25) is 9.10 Å². The van der Waals surface area contributed by atoms with Crippen LogP contribution < -0.4 is 19.3 Å². The lowest BCUT2D eigenvalue weighted by Gasteiger charge is -2.39. The minimum absolute atomic E-state index is 0.0100. The van der Waals surface area contributed by atoms with Crippen molar-refractivity contribution in [2.75, 3.05) is 81.3 Å². The van der Waals surface area contributed by atoms with Crippen molar-refractivity contribution in [2.24, 2.45) is 5.92 Å². The van der Waals surface area contributed by atoms with Gasteiger partial charge in [-0.25, -0.2) is 17.9 Å². The highest BCUT2D eigenvalue weighted by atomic mass is 32.2. The van der Waals surface area contributed by atoms with Crippen molar-refractivity contribution in [3.8, 4) is 17.0 Å². The lowest BCUT2D eigenvalue weighted by Crippen LogP contribution is -2.51. The Balaban J connectivity index is 1.22. The molecule has 1 N–H and O–H groups in total. The number of amides is 1. The van der Waals surface area contributed by atoms with Gasteiger partial charge in [0.2, 0.25) is 21.9 Å². The molecule has 0 saturated carbocycles. The Kier molecular flexibility index (Phi) is 8.56. The van der Waals surface area contributed by atoms with Crippen LogP contribution in [0.2, 0.25) is 0 Å². The Bertz CT molecular complexity index is 1800. The fourth-order valence-electron chi connectivity index (χ4n) is 6.10. The average molecular weight is 633 g/mol. The molecule has 2 saturated heterocycles. The number of hydrogen-bond donors (Lipinski definition) is 1. The summed E-state index contributed by atoms with van der Waals surface area (Å²) in [7, 11) is 1.80. The molecule has 2 aromatic heterocycles. The fraction of sp³-hybridized carbons (Fsp3) is 0.406. The maximum atomic E-state index is 13.3. The maximum absolute atomic E-state index is 13.3. The van der Waals surface area contributed by atoms with Crippen molar-refractivity contribution < 1.29 is 17.9 Å². The number of fused-ring (bicyclic) bond motifs is 1. The van der Waals surface area contributed by atoms with Crippen LogP contribution in [-0.4, -0.2) is 105 Å². The molecular formula is C32H40N8O4S. The number of nitrogens with one attached hydrogen (secondary N) is 1. The van der Waals surface area contributed by atoms with E-state index in [-0.39, 0.29) is 11.8 Å². The Morgan fingerprint density at radius 1 is 1.04 bits per heavy atom. The van der Waals surface area contributed by atoms with Gasteiger partial charge < -0.3 is 24.8 Å². The first-order valence-corrected chi connectivity index (χ1v) is 17.0. The molecule has 2 aromatic carbocycles. The number of likely N-dealkylation sites (N-methyl/N-ethyl adjacent to an activating group) is 1. The third kappa shape index (κ3) is 6.40. The number of carbonyl (C=O) groups excluding carboxylic acids is 1. The predicted molar refractivity (Wildman–Crippen MR) is 177 cm³/mol. The lowest BCUT2D eigenvalue weighted by atomic mass is 9.95. The number of methoxy groups -OCH3 is 1. The van der Waals surface area contributed by atoms with Gasteiger partial charge in [0.1, 0.15) is 5.75 Å². The standard InChI is InChI=1S/C32H40N8O4S/c1-36-16-18-38(19-17-36)31(41)23-8-7-15-39(22-23)24-11-13-27(30(20-24)44-3)34-32-33-21-25-12-14-29(40(25)35-32)26-9-5-6-10-28(26)37(2)45(4,42)43/h5-6,9-14,20-21,23H,7-8,15-19,22H2,1-4H3,(H,34,35). The molecule has 6 rings (SSSR count). The predicted octanol–water partition coefficient (Wildman–Crippen LogP) is 3.53. The van der Waals surface area contributed by atoms with E-state index in [4.69, 9.17) is 9.84 Å². The van der Waals surface area contributed by atoms with Crippen LogP contribution in [0.25, 0.3) is 16.8 Å². The molecule has 0 radical (unpaired) electrons. The number of ether oxygens (including phenoxy) is 1. The molecule has 1 amide bonds. The van der Waals surface area contributed by atoms with E-state index < -0.39 is 10.0 Å². The zero-order valence-electron chi connectivity index (χ0n) is 26.2. The zero-order chi connectivity index (χ0) is 31.7. The van der Waals surface area contributed by atoms with Crippen LogP contribution >= 0.6 is 0 Å². The molecule has 0 spiro atoms. The van der Waals surface area contributed by atoms with Gasteiger partial charge in [-0.15, -0.1) is 5.10 Å². The number of nitrogens with zero attached hydrogens (tertiary/aromatic N) is 7.